The molecule has 0 bridgehead atoms. The van der Waals surface area contributed by atoms with Crippen molar-refractivity contribution in [2.45, 2.75) is 24.8 Å². The Labute approximate surface area is 148 Å². The monoisotopic (exact) mass is 359 g/mol. The van der Waals surface area contributed by atoms with Crippen LogP contribution in [0, 0.1) is 0 Å². The van der Waals surface area contributed by atoms with Crippen LogP contribution in [0.2, 0.25) is 0 Å². The SMILES string of the molecule is CC(C)NCC(=O)N1c2ccccc2N(C)S(=O)(=O)c2ccccc21. The lowest BCUT2D eigenvalue weighted by atomic mass is 10.2. The van der Waals surface area contributed by atoms with E-state index in [1.807, 2.05) is 13.8 Å². The second kappa shape index (κ2) is 6.50. The summed E-state index contributed by atoms with van der Waals surface area (Å²) >= 11 is 0. The van der Waals surface area contributed by atoms with Crippen molar-refractivity contribution in [2.75, 3.05) is 22.8 Å². The van der Waals surface area contributed by atoms with E-state index in [9.17, 15) is 13.2 Å². The van der Waals surface area contributed by atoms with Crippen LogP contribution in [-0.2, 0) is 14.8 Å². The summed E-state index contributed by atoms with van der Waals surface area (Å²) in [7, 11) is -2.24. The smallest absolute Gasteiger partial charge is 0.266 e. The molecule has 1 aliphatic heterocycles. The molecule has 2 aromatic carbocycles. The summed E-state index contributed by atoms with van der Waals surface area (Å²) in [6, 6.07) is 13.8. The third-order valence-corrected chi connectivity index (χ3v) is 5.94. The number of benzene rings is 2. The normalized spacial score (nSPS) is 15.5. The zero-order valence-electron chi connectivity index (χ0n) is 14.4. The highest BCUT2D eigenvalue weighted by molar-refractivity contribution is 7.93. The van der Waals surface area contributed by atoms with Crippen LogP contribution in [0.1, 0.15) is 13.8 Å². The first-order chi connectivity index (χ1) is 11.8. The lowest BCUT2D eigenvalue weighted by Crippen LogP contribution is -2.38. The summed E-state index contributed by atoms with van der Waals surface area (Å²) in [6.45, 7) is 4.02. The van der Waals surface area contributed by atoms with Gasteiger partial charge in [-0.2, -0.15) is 0 Å². The van der Waals surface area contributed by atoms with Crippen LogP contribution in [-0.4, -0.2) is 34.0 Å². The van der Waals surface area contributed by atoms with Crippen molar-refractivity contribution in [1.29, 1.82) is 0 Å². The number of sulfonamides is 1. The Bertz CT molecular complexity index is 909. The van der Waals surface area contributed by atoms with Crippen molar-refractivity contribution in [3.63, 3.8) is 0 Å². The average Bonchev–Trinajstić information content (AvgIpc) is 2.66. The Morgan fingerprint density at radius 2 is 1.56 bits per heavy atom. The molecule has 0 aliphatic carbocycles. The van der Waals surface area contributed by atoms with Crippen LogP contribution in [0.4, 0.5) is 17.1 Å². The van der Waals surface area contributed by atoms with E-state index >= 15 is 0 Å². The van der Waals surface area contributed by atoms with E-state index in [0.29, 0.717) is 17.1 Å². The second-order valence-corrected chi connectivity index (χ2v) is 8.13. The molecule has 2 aromatic rings. The van der Waals surface area contributed by atoms with Gasteiger partial charge in [0.05, 0.1) is 23.6 Å². The Balaban J connectivity index is 2.24. The van der Waals surface area contributed by atoms with E-state index in [4.69, 9.17) is 0 Å². The molecule has 1 N–H and O–H groups in total. The van der Waals surface area contributed by atoms with Gasteiger partial charge in [0.15, 0.2) is 0 Å². The molecule has 0 unspecified atom stereocenters. The van der Waals surface area contributed by atoms with Crippen molar-refractivity contribution in [2.24, 2.45) is 0 Å². The first kappa shape index (κ1) is 17.4. The first-order valence-electron chi connectivity index (χ1n) is 8.07. The predicted octanol–water partition coefficient (Wildman–Crippen LogP) is 2.49. The van der Waals surface area contributed by atoms with Gasteiger partial charge in [0, 0.05) is 13.1 Å². The van der Waals surface area contributed by atoms with Crippen molar-refractivity contribution in [1.82, 2.24) is 5.32 Å². The Morgan fingerprint density at radius 1 is 1.00 bits per heavy atom. The van der Waals surface area contributed by atoms with E-state index in [1.54, 1.807) is 42.5 Å². The molecule has 3 rings (SSSR count). The minimum Gasteiger partial charge on any atom is -0.306 e. The molecule has 0 spiro atoms. The molecule has 132 valence electrons. The number of para-hydroxylation sites is 3. The highest BCUT2D eigenvalue weighted by atomic mass is 32.2. The fourth-order valence-corrected chi connectivity index (χ4v) is 4.21. The summed E-state index contributed by atoms with van der Waals surface area (Å²) in [4.78, 5) is 14.6. The van der Waals surface area contributed by atoms with E-state index in [1.165, 1.54) is 22.3 Å². The molecular weight excluding hydrogens is 338 g/mol. The molecule has 25 heavy (non-hydrogen) atoms. The lowest BCUT2D eigenvalue weighted by molar-refractivity contribution is -0.117. The summed E-state index contributed by atoms with van der Waals surface area (Å²) < 4.78 is 27.2. The zero-order chi connectivity index (χ0) is 18.2. The third kappa shape index (κ3) is 3.01. The Morgan fingerprint density at radius 3 is 2.20 bits per heavy atom. The Kier molecular flexibility index (Phi) is 4.53. The van der Waals surface area contributed by atoms with Crippen LogP contribution in [0.25, 0.3) is 0 Å². The minimum atomic E-state index is -3.75. The number of anilines is 3. The lowest BCUT2D eigenvalue weighted by Gasteiger charge is -2.25. The van der Waals surface area contributed by atoms with Crippen LogP contribution in [0.5, 0.6) is 0 Å². The third-order valence-electron chi connectivity index (χ3n) is 4.12. The standard InChI is InChI=1S/C18H21N3O3S/c1-13(2)19-12-18(22)21-15-9-5-4-8-14(15)20(3)25(23,24)17-11-7-6-10-16(17)21/h4-11,13,19H,12H2,1-3H3. The quantitative estimate of drug-likeness (QED) is 0.914. The number of nitrogens with one attached hydrogen (secondary N) is 1. The van der Waals surface area contributed by atoms with Crippen molar-refractivity contribution < 1.29 is 13.2 Å². The molecule has 1 amide bonds. The molecular formula is C18H21N3O3S. The van der Waals surface area contributed by atoms with Gasteiger partial charge in [-0.25, -0.2) is 8.42 Å². The topological polar surface area (TPSA) is 69.7 Å². The maximum atomic E-state index is 13.0. The zero-order valence-corrected chi connectivity index (χ0v) is 15.2. The van der Waals surface area contributed by atoms with Crippen molar-refractivity contribution >= 4 is 33.0 Å². The molecule has 0 saturated heterocycles. The number of amides is 1. The van der Waals surface area contributed by atoms with Gasteiger partial charge in [-0.05, 0) is 24.3 Å². The summed E-state index contributed by atoms with van der Waals surface area (Å²) in [6.07, 6.45) is 0. The van der Waals surface area contributed by atoms with Crippen LogP contribution in [0.15, 0.2) is 53.4 Å². The van der Waals surface area contributed by atoms with E-state index in [-0.39, 0.29) is 23.4 Å². The molecule has 0 fully saturated rings. The van der Waals surface area contributed by atoms with E-state index in [2.05, 4.69) is 5.32 Å². The molecule has 0 atom stereocenters. The Hall–Kier alpha value is -2.38. The highest BCUT2D eigenvalue weighted by Gasteiger charge is 2.35. The molecule has 1 heterocycles. The maximum absolute atomic E-state index is 13.0. The van der Waals surface area contributed by atoms with Gasteiger partial charge in [0.1, 0.15) is 4.90 Å². The van der Waals surface area contributed by atoms with Crippen LogP contribution >= 0.6 is 0 Å². The molecule has 0 saturated carbocycles. The van der Waals surface area contributed by atoms with Gasteiger partial charge in [-0.15, -0.1) is 0 Å². The number of hydrogen-bond acceptors (Lipinski definition) is 4. The number of rotatable bonds is 3. The summed E-state index contributed by atoms with van der Waals surface area (Å²) in [5.41, 5.74) is 1.39. The molecule has 6 nitrogen and oxygen atoms in total. The second-order valence-electron chi connectivity index (χ2n) is 6.19. The van der Waals surface area contributed by atoms with E-state index < -0.39 is 10.0 Å². The molecule has 1 aliphatic rings. The minimum absolute atomic E-state index is 0.115. The molecule has 7 heteroatoms. The summed E-state index contributed by atoms with van der Waals surface area (Å²) in [5.74, 6) is -0.209. The van der Waals surface area contributed by atoms with Gasteiger partial charge in [0.25, 0.3) is 10.0 Å². The van der Waals surface area contributed by atoms with Gasteiger partial charge in [-0.3, -0.25) is 14.0 Å². The fourth-order valence-electron chi connectivity index (χ4n) is 2.83. The van der Waals surface area contributed by atoms with E-state index in [0.717, 1.165) is 0 Å². The van der Waals surface area contributed by atoms with Gasteiger partial charge in [0.2, 0.25) is 5.91 Å². The number of fused-ring (bicyclic) bond motifs is 2. The summed E-state index contributed by atoms with van der Waals surface area (Å²) in [5, 5.41) is 3.10. The number of carbonyl (C=O) groups is 1. The number of nitrogens with zero attached hydrogens (tertiary/aromatic N) is 2. The van der Waals surface area contributed by atoms with Crippen molar-refractivity contribution in [3.05, 3.63) is 48.5 Å². The largest absolute Gasteiger partial charge is 0.306 e. The van der Waals surface area contributed by atoms with Crippen LogP contribution in [0.3, 0.4) is 0 Å². The maximum Gasteiger partial charge on any atom is 0.266 e. The predicted molar refractivity (Wildman–Crippen MR) is 98.8 cm³/mol. The average molecular weight is 359 g/mol. The fraction of sp³-hybridized carbons (Fsp3) is 0.278. The van der Waals surface area contributed by atoms with Gasteiger partial charge < -0.3 is 5.32 Å². The number of hydrogen-bond donors (Lipinski definition) is 1. The first-order valence-corrected chi connectivity index (χ1v) is 9.51. The van der Waals surface area contributed by atoms with Gasteiger partial charge >= 0.3 is 0 Å². The van der Waals surface area contributed by atoms with Gasteiger partial charge in [-0.1, -0.05) is 38.1 Å². The van der Waals surface area contributed by atoms with Crippen molar-refractivity contribution in [3.8, 4) is 0 Å². The highest BCUT2D eigenvalue weighted by Crippen LogP contribution is 2.42. The molecule has 0 radical (unpaired) electrons. The molecule has 0 aromatic heterocycles. The number of carbonyl (C=O) groups excluding carboxylic acids is 1. The van der Waals surface area contributed by atoms with Crippen LogP contribution < -0.4 is 14.5 Å².